The third-order valence-corrected chi connectivity index (χ3v) is 3.45. The molecule has 0 aliphatic carbocycles. The van der Waals surface area contributed by atoms with Gasteiger partial charge in [-0.1, -0.05) is 6.92 Å². The zero-order valence-electron chi connectivity index (χ0n) is 11.5. The molecule has 4 rings (SSSR count). The fourth-order valence-corrected chi connectivity index (χ4v) is 2.42. The van der Waals surface area contributed by atoms with Crippen molar-refractivity contribution >= 4 is 11.6 Å². The lowest BCUT2D eigenvalue weighted by atomic mass is 10.1. The Bertz CT molecular complexity index is 769. The standard InChI is InChI=1S/C15H14N4O2/c1-2-14-17-15-16-10(12-5-3-7-20-12)9-11(19(15)18-14)13-6-4-8-21-13/h3-9,11H,2H2,1H3,(H,16,17,18)/t11-/m1/s1. The number of rotatable bonds is 3. The summed E-state index contributed by atoms with van der Waals surface area (Å²) in [5.74, 6) is 3.07. The molecule has 4 heterocycles. The first-order valence-corrected chi connectivity index (χ1v) is 6.86. The van der Waals surface area contributed by atoms with Crippen molar-refractivity contribution in [1.29, 1.82) is 0 Å². The second kappa shape index (κ2) is 4.66. The maximum Gasteiger partial charge on any atom is 0.227 e. The van der Waals surface area contributed by atoms with Crippen LogP contribution in [-0.4, -0.2) is 14.8 Å². The Morgan fingerprint density at radius 3 is 2.81 bits per heavy atom. The molecule has 106 valence electrons. The van der Waals surface area contributed by atoms with Crippen LogP contribution in [0.2, 0.25) is 0 Å². The number of allylic oxidation sites excluding steroid dienone is 1. The summed E-state index contributed by atoms with van der Waals surface area (Å²) in [7, 11) is 0. The first-order valence-electron chi connectivity index (χ1n) is 6.86. The summed E-state index contributed by atoms with van der Waals surface area (Å²) in [5.41, 5.74) is 0.865. The summed E-state index contributed by atoms with van der Waals surface area (Å²) in [6.45, 7) is 2.03. The zero-order chi connectivity index (χ0) is 14.2. The summed E-state index contributed by atoms with van der Waals surface area (Å²) in [6, 6.07) is 7.43. The van der Waals surface area contributed by atoms with Crippen LogP contribution in [0.3, 0.4) is 0 Å². The molecule has 6 nitrogen and oxygen atoms in total. The van der Waals surface area contributed by atoms with Crippen LogP contribution in [0.1, 0.15) is 30.3 Å². The third-order valence-electron chi connectivity index (χ3n) is 3.45. The van der Waals surface area contributed by atoms with Gasteiger partial charge in [-0.15, -0.1) is 0 Å². The number of hydrogen-bond acceptors (Lipinski definition) is 5. The lowest BCUT2D eigenvalue weighted by Crippen LogP contribution is -2.19. The van der Waals surface area contributed by atoms with Gasteiger partial charge in [0, 0.05) is 6.42 Å². The Labute approximate surface area is 121 Å². The van der Waals surface area contributed by atoms with E-state index in [1.54, 1.807) is 12.5 Å². The van der Waals surface area contributed by atoms with E-state index in [2.05, 4.69) is 15.4 Å². The Kier molecular flexibility index (Phi) is 2.67. The topological polar surface area (TPSA) is 69.0 Å². The smallest absolute Gasteiger partial charge is 0.227 e. The van der Waals surface area contributed by atoms with E-state index < -0.39 is 0 Å². The van der Waals surface area contributed by atoms with Gasteiger partial charge in [-0.25, -0.2) is 4.68 Å². The highest BCUT2D eigenvalue weighted by molar-refractivity contribution is 5.74. The van der Waals surface area contributed by atoms with E-state index in [9.17, 15) is 0 Å². The van der Waals surface area contributed by atoms with Crippen LogP contribution < -0.4 is 5.32 Å². The second-order valence-electron chi connectivity index (χ2n) is 4.79. The quantitative estimate of drug-likeness (QED) is 0.799. The molecule has 0 spiro atoms. The monoisotopic (exact) mass is 282 g/mol. The molecule has 0 bridgehead atoms. The van der Waals surface area contributed by atoms with Crippen molar-refractivity contribution in [1.82, 2.24) is 14.8 Å². The molecule has 1 N–H and O–H groups in total. The number of anilines is 1. The number of furan rings is 2. The van der Waals surface area contributed by atoms with E-state index in [0.717, 1.165) is 29.5 Å². The molecule has 0 fully saturated rings. The maximum absolute atomic E-state index is 5.55. The van der Waals surface area contributed by atoms with Crippen LogP contribution >= 0.6 is 0 Å². The summed E-state index contributed by atoms with van der Waals surface area (Å²) < 4.78 is 12.9. The first kappa shape index (κ1) is 12.0. The van der Waals surface area contributed by atoms with Crippen LogP contribution in [-0.2, 0) is 6.42 Å². The number of nitrogens with one attached hydrogen (secondary N) is 1. The SMILES string of the molecule is CCc1nc2n(n1)[C@@H](c1ccco1)C=C(c1ccco1)N2. The van der Waals surface area contributed by atoms with Gasteiger partial charge in [0.1, 0.15) is 17.6 Å². The largest absolute Gasteiger partial charge is 0.467 e. The molecule has 1 atom stereocenters. The number of hydrogen-bond donors (Lipinski definition) is 1. The average molecular weight is 282 g/mol. The van der Waals surface area contributed by atoms with Gasteiger partial charge in [0.05, 0.1) is 18.2 Å². The van der Waals surface area contributed by atoms with Gasteiger partial charge in [0.15, 0.2) is 5.82 Å². The Hall–Kier alpha value is -2.76. The Balaban J connectivity index is 1.83. The van der Waals surface area contributed by atoms with Gasteiger partial charge in [-0.05, 0) is 30.3 Å². The van der Waals surface area contributed by atoms with Crippen LogP contribution in [0, 0.1) is 0 Å². The van der Waals surface area contributed by atoms with Crippen molar-refractivity contribution in [2.45, 2.75) is 19.4 Å². The molecule has 0 amide bonds. The number of aryl methyl sites for hydroxylation is 1. The molecular weight excluding hydrogens is 268 g/mol. The summed E-state index contributed by atoms with van der Waals surface area (Å²) in [4.78, 5) is 4.51. The fourth-order valence-electron chi connectivity index (χ4n) is 2.42. The van der Waals surface area contributed by atoms with Crippen molar-refractivity contribution in [2.24, 2.45) is 0 Å². The number of nitrogens with zero attached hydrogens (tertiary/aromatic N) is 3. The molecule has 3 aromatic heterocycles. The highest BCUT2D eigenvalue weighted by Crippen LogP contribution is 2.32. The Morgan fingerprint density at radius 2 is 2.10 bits per heavy atom. The van der Waals surface area contributed by atoms with Crippen LogP contribution in [0.15, 0.2) is 51.7 Å². The maximum atomic E-state index is 5.55. The van der Waals surface area contributed by atoms with Crippen molar-refractivity contribution in [3.05, 3.63) is 60.2 Å². The van der Waals surface area contributed by atoms with Gasteiger partial charge in [0.25, 0.3) is 0 Å². The molecule has 0 unspecified atom stereocenters. The van der Waals surface area contributed by atoms with Crippen molar-refractivity contribution < 1.29 is 8.83 Å². The zero-order valence-corrected chi connectivity index (χ0v) is 11.5. The van der Waals surface area contributed by atoms with Gasteiger partial charge < -0.3 is 14.2 Å². The summed E-state index contributed by atoms with van der Waals surface area (Å²) in [6.07, 6.45) is 6.12. The molecule has 0 saturated carbocycles. The van der Waals surface area contributed by atoms with Crippen molar-refractivity contribution in [3.8, 4) is 0 Å². The highest BCUT2D eigenvalue weighted by atomic mass is 16.3. The number of fused-ring (bicyclic) bond motifs is 1. The molecule has 0 saturated heterocycles. The van der Waals surface area contributed by atoms with Gasteiger partial charge in [-0.2, -0.15) is 10.1 Å². The normalized spacial score (nSPS) is 17.2. The highest BCUT2D eigenvalue weighted by Gasteiger charge is 2.27. The lowest BCUT2D eigenvalue weighted by molar-refractivity contribution is 0.446. The molecular formula is C15H14N4O2. The molecule has 0 radical (unpaired) electrons. The van der Waals surface area contributed by atoms with E-state index in [1.807, 2.05) is 41.9 Å². The minimum atomic E-state index is -0.135. The van der Waals surface area contributed by atoms with E-state index >= 15 is 0 Å². The molecule has 21 heavy (non-hydrogen) atoms. The summed E-state index contributed by atoms with van der Waals surface area (Å²) >= 11 is 0. The van der Waals surface area contributed by atoms with Crippen LogP contribution in [0.25, 0.3) is 5.70 Å². The van der Waals surface area contributed by atoms with Crippen LogP contribution in [0.4, 0.5) is 5.95 Å². The van der Waals surface area contributed by atoms with Gasteiger partial charge in [0.2, 0.25) is 5.95 Å². The first-order chi connectivity index (χ1) is 10.3. The van der Waals surface area contributed by atoms with E-state index in [1.165, 1.54) is 0 Å². The Morgan fingerprint density at radius 1 is 1.24 bits per heavy atom. The number of aromatic nitrogens is 3. The summed E-state index contributed by atoms with van der Waals surface area (Å²) in [5, 5.41) is 7.79. The molecule has 6 heteroatoms. The molecule has 0 aromatic carbocycles. The van der Waals surface area contributed by atoms with Crippen molar-refractivity contribution in [3.63, 3.8) is 0 Å². The van der Waals surface area contributed by atoms with Crippen LogP contribution in [0.5, 0.6) is 0 Å². The van der Waals surface area contributed by atoms with Crippen molar-refractivity contribution in [2.75, 3.05) is 5.32 Å². The predicted octanol–water partition coefficient (Wildman–Crippen LogP) is 3.08. The minimum absolute atomic E-state index is 0.135. The van der Waals surface area contributed by atoms with E-state index in [4.69, 9.17) is 8.83 Å². The van der Waals surface area contributed by atoms with Gasteiger partial charge in [-0.3, -0.25) is 0 Å². The molecule has 1 aliphatic heterocycles. The second-order valence-corrected chi connectivity index (χ2v) is 4.79. The third kappa shape index (κ3) is 1.96. The minimum Gasteiger partial charge on any atom is -0.467 e. The van der Waals surface area contributed by atoms with E-state index in [-0.39, 0.29) is 6.04 Å². The van der Waals surface area contributed by atoms with Gasteiger partial charge >= 0.3 is 0 Å². The average Bonchev–Trinajstić information content (AvgIpc) is 3.24. The molecule has 3 aromatic rings. The predicted molar refractivity (Wildman–Crippen MR) is 76.6 cm³/mol. The fraction of sp³-hybridized carbons (Fsp3) is 0.200. The lowest BCUT2D eigenvalue weighted by Gasteiger charge is -2.21. The van der Waals surface area contributed by atoms with E-state index in [0.29, 0.717) is 5.95 Å². The molecule has 1 aliphatic rings.